The van der Waals surface area contributed by atoms with E-state index in [4.69, 9.17) is 15.2 Å². The molecule has 0 radical (unpaired) electrons. The molecule has 1 aromatic heterocycles. The van der Waals surface area contributed by atoms with Crippen molar-refractivity contribution < 1.29 is 19.1 Å². The van der Waals surface area contributed by atoms with Gasteiger partial charge in [-0.25, -0.2) is 9.78 Å². The second kappa shape index (κ2) is 9.66. The Labute approximate surface area is 180 Å². The first-order valence-corrected chi connectivity index (χ1v) is 9.54. The Morgan fingerprint density at radius 3 is 2.26 bits per heavy atom. The summed E-state index contributed by atoms with van der Waals surface area (Å²) in [5.41, 5.74) is 7.15. The molecule has 0 aliphatic heterocycles. The number of primary amides is 1. The first-order chi connectivity index (χ1) is 14.9. The molecule has 0 saturated heterocycles. The van der Waals surface area contributed by atoms with Gasteiger partial charge >= 0.3 is 6.03 Å². The molecular weight excluding hydrogens is 398 g/mol. The van der Waals surface area contributed by atoms with Crippen LogP contribution in [-0.2, 0) is 13.6 Å². The van der Waals surface area contributed by atoms with Crippen molar-refractivity contribution in [3.05, 3.63) is 77.4 Å². The van der Waals surface area contributed by atoms with E-state index in [9.17, 15) is 9.59 Å². The number of amides is 3. The maximum absolute atomic E-state index is 13.0. The maximum Gasteiger partial charge on any atom is 0.312 e. The number of nitrogens with two attached hydrogens (primary N) is 1. The van der Waals surface area contributed by atoms with E-state index in [0.29, 0.717) is 22.9 Å². The number of imidazole rings is 1. The average Bonchev–Trinajstić information content (AvgIpc) is 3.21. The highest BCUT2D eigenvalue weighted by atomic mass is 16.5. The third-order valence-electron chi connectivity index (χ3n) is 4.78. The molecule has 162 valence electrons. The second-order valence-electron chi connectivity index (χ2n) is 6.86. The minimum Gasteiger partial charge on any atom is -0.497 e. The summed E-state index contributed by atoms with van der Waals surface area (Å²) in [5, 5.41) is 5.56. The average molecular weight is 423 g/mol. The highest BCUT2D eigenvalue weighted by molar-refractivity contribution is 5.94. The zero-order valence-corrected chi connectivity index (χ0v) is 17.6. The van der Waals surface area contributed by atoms with Gasteiger partial charge in [0.25, 0.3) is 5.91 Å². The van der Waals surface area contributed by atoms with Crippen molar-refractivity contribution in [2.75, 3.05) is 14.2 Å². The van der Waals surface area contributed by atoms with Crippen molar-refractivity contribution in [3.63, 3.8) is 0 Å². The van der Waals surface area contributed by atoms with Gasteiger partial charge in [-0.05, 0) is 35.4 Å². The number of methoxy groups -OCH3 is 2. The molecule has 9 nitrogen and oxygen atoms in total. The number of nitrogens with one attached hydrogen (secondary N) is 2. The molecule has 0 spiro atoms. The van der Waals surface area contributed by atoms with Gasteiger partial charge in [0, 0.05) is 37.6 Å². The molecule has 0 fully saturated rings. The van der Waals surface area contributed by atoms with E-state index < -0.39 is 12.1 Å². The molecule has 4 N–H and O–H groups in total. The lowest BCUT2D eigenvalue weighted by Gasteiger charge is -2.20. The molecule has 1 atom stereocenters. The molecule has 0 saturated carbocycles. The molecule has 31 heavy (non-hydrogen) atoms. The largest absolute Gasteiger partial charge is 0.497 e. The van der Waals surface area contributed by atoms with Crippen LogP contribution < -0.4 is 25.8 Å². The summed E-state index contributed by atoms with van der Waals surface area (Å²) >= 11 is 0. The van der Waals surface area contributed by atoms with E-state index in [1.807, 2.05) is 29.9 Å². The molecular formula is C22H25N5O4. The fourth-order valence-corrected chi connectivity index (χ4v) is 3.13. The summed E-state index contributed by atoms with van der Waals surface area (Å²) in [4.78, 5) is 28.3. The number of carbonyl (C=O) groups excluding carboxylic acids is 2. The number of benzene rings is 2. The number of aryl methyl sites for hydroxylation is 1. The Kier molecular flexibility index (Phi) is 6.76. The standard InChI is InChI=1S/C22H25N5O4/c1-27-9-8-24-20(27)19(16-10-17(30-2)12-18(11-16)31-3)26-21(28)15-6-4-14(5-7-15)13-25-22(23)29/h4-12,19H,13H2,1-3H3,(H,26,28)(H3,23,25,29). The molecule has 0 bridgehead atoms. The number of rotatable bonds is 8. The van der Waals surface area contributed by atoms with Gasteiger partial charge in [-0.1, -0.05) is 12.1 Å². The van der Waals surface area contributed by atoms with Crippen LogP contribution in [-0.4, -0.2) is 35.7 Å². The minimum atomic E-state index is -0.603. The van der Waals surface area contributed by atoms with Crippen LogP contribution in [0.25, 0.3) is 0 Å². The zero-order chi connectivity index (χ0) is 22.4. The van der Waals surface area contributed by atoms with Crippen LogP contribution in [0.1, 0.15) is 33.4 Å². The van der Waals surface area contributed by atoms with Crippen LogP contribution in [0.2, 0.25) is 0 Å². The van der Waals surface area contributed by atoms with Crippen molar-refractivity contribution in [2.24, 2.45) is 12.8 Å². The van der Waals surface area contributed by atoms with Crippen LogP contribution in [0, 0.1) is 0 Å². The molecule has 1 unspecified atom stereocenters. The van der Waals surface area contributed by atoms with Gasteiger partial charge in [0.2, 0.25) is 0 Å². The first-order valence-electron chi connectivity index (χ1n) is 9.54. The van der Waals surface area contributed by atoms with Gasteiger partial charge in [-0.2, -0.15) is 0 Å². The van der Waals surface area contributed by atoms with Crippen LogP contribution in [0.5, 0.6) is 11.5 Å². The fraction of sp³-hybridized carbons (Fsp3) is 0.227. The van der Waals surface area contributed by atoms with E-state index in [2.05, 4.69) is 15.6 Å². The Morgan fingerprint density at radius 1 is 1.10 bits per heavy atom. The summed E-state index contributed by atoms with van der Waals surface area (Å²) in [6.45, 7) is 0.288. The summed E-state index contributed by atoms with van der Waals surface area (Å²) in [7, 11) is 5.00. The smallest absolute Gasteiger partial charge is 0.312 e. The fourth-order valence-electron chi connectivity index (χ4n) is 3.13. The third-order valence-corrected chi connectivity index (χ3v) is 4.78. The SMILES string of the molecule is COc1cc(OC)cc(C(NC(=O)c2ccc(CNC(N)=O)cc2)c2nccn2C)c1. The van der Waals surface area contributed by atoms with E-state index in [1.165, 1.54) is 0 Å². The van der Waals surface area contributed by atoms with Crippen LogP contribution in [0.4, 0.5) is 4.79 Å². The van der Waals surface area contributed by atoms with Crippen molar-refractivity contribution in [2.45, 2.75) is 12.6 Å². The van der Waals surface area contributed by atoms with Gasteiger partial charge in [-0.3, -0.25) is 4.79 Å². The second-order valence-corrected chi connectivity index (χ2v) is 6.86. The Hall–Kier alpha value is -4.01. The summed E-state index contributed by atoms with van der Waals surface area (Å²) in [5.74, 6) is 1.60. The zero-order valence-electron chi connectivity index (χ0n) is 17.6. The molecule has 0 aliphatic rings. The van der Waals surface area contributed by atoms with Crippen LogP contribution in [0.3, 0.4) is 0 Å². The first kappa shape index (κ1) is 21.7. The van der Waals surface area contributed by atoms with E-state index >= 15 is 0 Å². The molecule has 3 aromatic rings. The van der Waals surface area contributed by atoms with Gasteiger partial charge in [-0.15, -0.1) is 0 Å². The number of hydrogen-bond acceptors (Lipinski definition) is 5. The monoisotopic (exact) mass is 423 g/mol. The number of hydrogen-bond donors (Lipinski definition) is 3. The number of nitrogens with zero attached hydrogens (tertiary/aromatic N) is 2. The highest BCUT2D eigenvalue weighted by Gasteiger charge is 2.23. The highest BCUT2D eigenvalue weighted by Crippen LogP contribution is 2.29. The van der Waals surface area contributed by atoms with Gasteiger partial charge in [0.15, 0.2) is 0 Å². The molecule has 1 heterocycles. The van der Waals surface area contributed by atoms with E-state index in [1.54, 1.807) is 50.7 Å². The van der Waals surface area contributed by atoms with Crippen molar-refractivity contribution in [1.82, 2.24) is 20.2 Å². The molecule has 3 amide bonds. The maximum atomic E-state index is 13.0. The normalized spacial score (nSPS) is 11.5. The Bertz CT molecular complexity index is 1040. The Morgan fingerprint density at radius 2 is 1.74 bits per heavy atom. The van der Waals surface area contributed by atoms with Crippen molar-refractivity contribution >= 4 is 11.9 Å². The number of ether oxygens (including phenoxy) is 2. The molecule has 2 aromatic carbocycles. The Balaban J connectivity index is 1.89. The lowest BCUT2D eigenvalue weighted by Crippen LogP contribution is -2.31. The number of aromatic nitrogens is 2. The predicted molar refractivity (Wildman–Crippen MR) is 115 cm³/mol. The predicted octanol–water partition coefficient (Wildman–Crippen LogP) is 2.12. The summed E-state index contributed by atoms with van der Waals surface area (Å²) in [6.07, 6.45) is 3.48. The summed E-state index contributed by atoms with van der Waals surface area (Å²) < 4.78 is 12.6. The molecule has 9 heteroatoms. The quantitative estimate of drug-likeness (QED) is 0.513. The number of carbonyl (C=O) groups is 2. The minimum absolute atomic E-state index is 0.274. The van der Waals surface area contributed by atoms with Gasteiger partial charge < -0.3 is 30.4 Å². The van der Waals surface area contributed by atoms with Gasteiger partial charge in [0.1, 0.15) is 23.4 Å². The third kappa shape index (κ3) is 5.33. The topological polar surface area (TPSA) is 120 Å². The van der Waals surface area contributed by atoms with E-state index in [-0.39, 0.29) is 12.5 Å². The van der Waals surface area contributed by atoms with Crippen molar-refractivity contribution in [1.29, 1.82) is 0 Å². The molecule has 0 aliphatic carbocycles. The lowest BCUT2D eigenvalue weighted by molar-refractivity contribution is 0.0941. The van der Waals surface area contributed by atoms with Gasteiger partial charge in [0.05, 0.1) is 14.2 Å². The molecule has 3 rings (SSSR count). The summed E-state index contributed by atoms with van der Waals surface area (Å²) in [6, 6.07) is 11.2. The van der Waals surface area contributed by atoms with Crippen LogP contribution in [0.15, 0.2) is 54.9 Å². The van der Waals surface area contributed by atoms with Crippen molar-refractivity contribution in [3.8, 4) is 11.5 Å². The van der Waals surface area contributed by atoms with E-state index in [0.717, 1.165) is 11.1 Å². The number of urea groups is 1. The lowest BCUT2D eigenvalue weighted by atomic mass is 10.0. The van der Waals surface area contributed by atoms with Crippen LogP contribution >= 0.6 is 0 Å².